The molecule has 0 aliphatic carbocycles. The first-order valence-corrected chi connectivity index (χ1v) is 10.5. The number of rotatable bonds is 1. The first kappa shape index (κ1) is 16.1. The second kappa shape index (κ2) is 6.05. The van der Waals surface area contributed by atoms with E-state index >= 15 is 0 Å². The molecule has 0 spiro atoms. The smallest absolute Gasteiger partial charge is 0.249 e. The molecule has 2 aliphatic rings. The van der Waals surface area contributed by atoms with Crippen LogP contribution in [0.5, 0.6) is 0 Å². The molecule has 0 fully saturated rings. The Morgan fingerprint density at radius 2 is 1.39 bits per heavy atom. The molecule has 4 aromatic rings. The summed E-state index contributed by atoms with van der Waals surface area (Å²) in [6.45, 7) is 2.45. The Hall–Kier alpha value is -2.91. The van der Waals surface area contributed by atoms with E-state index in [0.29, 0.717) is 6.71 Å². The minimum Gasteiger partial charge on any atom is -0.311 e. The largest absolute Gasteiger partial charge is 0.311 e. The van der Waals surface area contributed by atoms with Gasteiger partial charge in [-0.15, -0.1) is 0 Å². The van der Waals surface area contributed by atoms with Crippen molar-refractivity contribution in [3.05, 3.63) is 96.6 Å². The van der Waals surface area contributed by atoms with E-state index in [1.54, 1.807) is 0 Å². The monoisotopic (exact) mass is 375 g/mol. The van der Waals surface area contributed by atoms with Crippen LogP contribution in [0.4, 0.5) is 17.1 Å². The maximum atomic E-state index is 2.44. The second-order valence-electron chi connectivity index (χ2n) is 7.50. The predicted molar refractivity (Wildman–Crippen MR) is 121 cm³/mol. The van der Waals surface area contributed by atoms with E-state index in [2.05, 4.69) is 103 Å². The second-order valence-corrected chi connectivity index (χ2v) is 8.58. The standard InChI is InChI=1S/C25H18BNS/c1-17-8-6-9-18(16-17)27-21-12-4-2-10-19(21)26-20-11-3-5-14-23(20)28-24-15-7-13-22(27)25(24)26/h2-16H,1H3. The third-order valence-electron chi connectivity index (χ3n) is 5.77. The van der Waals surface area contributed by atoms with Crippen LogP contribution < -0.4 is 21.3 Å². The summed E-state index contributed by atoms with van der Waals surface area (Å²) in [6, 6.07) is 33.3. The third kappa shape index (κ3) is 2.23. The minimum atomic E-state index is 0.293. The zero-order valence-electron chi connectivity index (χ0n) is 15.6. The van der Waals surface area contributed by atoms with Gasteiger partial charge >= 0.3 is 0 Å². The van der Waals surface area contributed by atoms with Crippen molar-refractivity contribution in [1.82, 2.24) is 0 Å². The molecule has 0 aromatic heterocycles. The van der Waals surface area contributed by atoms with Gasteiger partial charge in [0.2, 0.25) is 6.71 Å². The zero-order valence-corrected chi connectivity index (χ0v) is 16.4. The molecule has 3 heteroatoms. The molecule has 2 heterocycles. The van der Waals surface area contributed by atoms with E-state index in [1.807, 2.05) is 11.8 Å². The lowest BCUT2D eigenvalue weighted by atomic mass is 9.35. The highest BCUT2D eigenvalue weighted by Gasteiger charge is 2.40. The van der Waals surface area contributed by atoms with Gasteiger partial charge in [0, 0.05) is 26.9 Å². The van der Waals surface area contributed by atoms with Gasteiger partial charge in [0.05, 0.1) is 0 Å². The van der Waals surface area contributed by atoms with Gasteiger partial charge in [-0.3, -0.25) is 0 Å². The van der Waals surface area contributed by atoms with E-state index < -0.39 is 0 Å². The fraction of sp³-hybridized carbons (Fsp3) is 0.0400. The lowest BCUT2D eigenvalue weighted by Crippen LogP contribution is -2.59. The maximum Gasteiger partial charge on any atom is 0.249 e. The van der Waals surface area contributed by atoms with Gasteiger partial charge in [-0.25, -0.2) is 0 Å². The topological polar surface area (TPSA) is 3.24 Å². The summed E-state index contributed by atoms with van der Waals surface area (Å²) in [5, 5.41) is 0. The number of hydrogen-bond donors (Lipinski definition) is 0. The number of aryl methyl sites for hydroxylation is 1. The first-order valence-electron chi connectivity index (χ1n) is 9.67. The Bertz CT molecular complexity index is 1230. The van der Waals surface area contributed by atoms with Crippen molar-refractivity contribution in [2.24, 2.45) is 0 Å². The van der Waals surface area contributed by atoms with Crippen LogP contribution in [0.2, 0.25) is 0 Å². The van der Waals surface area contributed by atoms with E-state index in [-0.39, 0.29) is 0 Å². The van der Waals surface area contributed by atoms with E-state index in [9.17, 15) is 0 Å². The van der Waals surface area contributed by atoms with Gasteiger partial charge in [-0.05, 0) is 59.8 Å². The fourth-order valence-corrected chi connectivity index (χ4v) is 5.79. The van der Waals surface area contributed by atoms with Gasteiger partial charge in [0.25, 0.3) is 0 Å². The van der Waals surface area contributed by atoms with Crippen molar-refractivity contribution in [2.45, 2.75) is 16.7 Å². The van der Waals surface area contributed by atoms with Crippen LogP contribution in [-0.4, -0.2) is 6.71 Å². The first-order chi connectivity index (χ1) is 13.8. The van der Waals surface area contributed by atoms with Crippen molar-refractivity contribution >= 4 is 51.9 Å². The van der Waals surface area contributed by atoms with E-state index in [4.69, 9.17) is 0 Å². The molecule has 0 N–H and O–H groups in total. The van der Waals surface area contributed by atoms with Crippen LogP contribution in [0.1, 0.15) is 5.56 Å². The van der Waals surface area contributed by atoms with Crippen molar-refractivity contribution in [3.63, 3.8) is 0 Å². The van der Waals surface area contributed by atoms with Gasteiger partial charge in [0.1, 0.15) is 0 Å². The normalized spacial score (nSPS) is 13.6. The summed E-state index contributed by atoms with van der Waals surface area (Å²) in [5.41, 5.74) is 9.33. The molecule has 0 atom stereocenters. The van der Waals surface area contributed by atoms with Crippen molar-refractivity contribution in [2.75, 3.05) is 4.90 Å². The molecule has 0 unspecified atom stereocenters. The van der Waals surface area contributed by atoms with Crippen LogP contribution in [0, 0.1) is 6.92 Å². The summed E-state index contributed by atoms with van der Waals surface area (Å²) < 4.78 is 0. The molecule has 6 rings (SSSR count). The van der Waals surface area contributed by atoms with Gasteiger partial charge in [0.15, 0.2) is 0 Å². The van der Waals surface area contributed by atoms with Gasteiger partial charge in [-0.2, -0.15) is 0 Å². The Balaban J connectivity index is 1.69. The van der Waals surface area contributed by atoms with Crippen LogP contribution in [-0.2, 0) is 0 Å². The molecule has 0 bridgehead atoms. The van der Waals surface area contributed by atoms with Crippen molar-refractivity contribution in [1.29, 1.82) is 0 Å². The molecule has 0 amide bonds. The lowest BCUT2D eigenvalue weighted by Gasteiger charge is -2.40. The lowest BCUT2D eigenvalue weighted by molar-refractivity contribution is 1.26. The summed E-state index contributed by atoms with van der Waals surface area (Å²) >= 11 is 1.90. The highest BCUT2D eigenvalue weighted by Crippen LogP contribution is 2.41. The Morgan fingerprint density at radius 1 is 0.679 bits per heavy atom. The number of fused-ring (bicyclic) bond motifs is 4. The minimum absolute atomic E-state index is 0.293. The molecular formula is C25H18BNS. The molecule has 1 nitrogen and oxygen atoms in total. The Labute approximate surface area is 170 Å². The zero-order chi connectivity index (χ0) is 18.7. The predicted octanol–water partition coefficient (Wildman–Crippen LogP) is 4.76. The summed E-state index contributed by atoms with van der Waals surface area (Å²) in [4.78, 5) is 5.18. The highest BCUT2D eigenvalue weighted by molar-refractivity contribution is 8.00. The molecule has 132 valence electrons. The average molecular weight is 375 g/mol. The molecule has 4 aromatic carbocycles. The quantitative estimate of drug-likeness (QED) is 0.381. The van der Waals surface area contributed by atoms with Gasteiger partial charge < -0.3 is 4.90 Å². The van der Waals surface area contributed by atoms with Crippen LogP contribution in [0.15, 0.2) is 101 Å². The van der Waals surface area contributed by atoms with Crippen molar-refractivity contribution < 1.29 is 0 Å². The molecule has 28 heavy (non-hydrogen) atoms. The van der Waals surface area contributed by atoms with Crippen LogP contribution >= 0.6 is 11.8 Å². The fourth-order valence-electron chi connectivity index (χ4n) is 4.63. The average Bonchev–Trinajstić information content (AvgIpc) is 2.73. The number of anilines is 3. The number of hydrogen-bond acceptors (Lipinski definition) is 2. The molecule has 0 radical (unpaired) electrons. The number of nitrogens with zero attached hydrogens (tertiary/aromatic N) is 1. The SMILES string of the molecule is Cc1cccc(N2c3ccccc3B3c4ccccc4Sc4cccc2c43)c1. The van der Waals surface area contributed by atoms with Crippen molar-refractivity contribution in [3.8, 4) is 0 Å². The number of benzene rings is 4. The summed E-state index contributed by atoms with van der Waals surface area (Å²) in [7, 11) is 0. The molecule has 0 saturated carbocycles. The molecule has 0 saturated heterocycles. The van der Waals surface area contributed by atoms with Crippen LogP contribution in [0.25, 0.3) is 0 Å². The molecular weight excluding hydrogens is 357 g/mol. The molecule has 2 aliphatic heterocycles. The summed E-state index contributed by atoms with van der Waals surface area (Å²) in [5.74, 6) is 0. The Morgan fingerprint density at radius 3 is 2.29 bits per heavy atom. The maximum absolute atomic E-state index is 2.44. The Kier molecular flexibility index (Phi) is 3.47. The number of para-hydroxylation sites is 1. The highest BCUT2D eigenvalue weighted by atomic mass is 32.2. The van der Waals surface area contributed by atoms with E-state index in [1.165, 1.54) is 48.8 Å². The van der Waals surface area contributed by atoms with Gasteiger partial charge in [-0.1, -0.05) is 71.8 Å². The summed E-state index contributed by atoms with van der Waals surface area (Å²) in [6.07, 6.45) is 0. The van der Waals surface area contributed by atoms with Crippen LogP contribution in [0.3, 0.4) is 0 Å². The third-order valence-corrected chi connectivity index (χ3v) is 6.94. The van der Waals surface area contributed by atoms with E-state index in [0.717, 1.165) is 0 Å².